The van der Waals surface area contributed by atoms with Crippen molar-refractivity contribution in [3.05, 3.63) is 30.0 Å². The normalized spacial score (nSPS) is 13.2. The van der Waals surface area contributed by atoms with Crippen molar-refractivity contribution in [1.29, 1.82) is 0 Å². The van der Waals surface area contributed by atoms with Gasteiger partial charge in [-0.05, 0) is 43.4 Å². The van der Waals surface area contributed by atoms with Gasteiger partial charge in [-0.2, -0.15) is 5.10 Å². The number of hydrogen-bond donors (Lipinski definition) is 2. The molecule has 176 valence electrons. The van der Waals surface area contributed by atoms with Crippen LogP contribution in [0.5, 0.6) is 11.5 Å². The van der Waals surface area contributed by atoms with Crippen LogP contribution < -0.4 is 14.8 Å². The van der Waals surface area contributed by atoms with Crippen LogP contribution in [0.3, 0.4) is 0 Å². The number of nitrogens with one attached hydrogen (secondary N) is 1. The number of hydrogen-bond acceptors (Lipinski definition) is 5. The number of carbonyl (C=O) groups excluding carboxylic acids is 1. The lowest BCUT2D eigenvalue weighted by molar-refractivity contribution is -0.137. The van der Waals surface area contributed by atoms with E-state index < -0.39 is 17.9 Å². The van der Waals surface area contributed by atoms with Crippen LogP contribution in [-0.4, -0.2) is 47.0 Å². The fourth-order valence-corrected chi connectivity index (χ4v) is 3.62. The molecular formula is C24H35N3O5. The molecule has 0 saturated carbocycles. The molecule has 1 heterocycles. The maximum Gasteiger partial charge on any atom is 0.305 e. The molecule has 2 atom stereocenters. The third-order valence-corrected chi connectivity index (χ3v) is 5.52. The van der Waals surface area contributed by atoms with Gasteiger partial charge >= 0.3 is 5.97 Å². The van der Waals surface area contributed by atoms with Crippen molar-refractivity contribution in [2.75, 3.05) is 14.2 Å². The Bertz CT molecular complexity index is 913. The molecule has 0 bridgehead atoms. The minimum atomic E-state index is -0.950. The van der Waals surface area contributed by atoms with Gasteiger partial charge in [-0.1, -0.05) is 33.8 Å². The Kier molecular flexibility index (Phi) is 8.69. The summed E-state index contributed by atoms with van der Waals surface area (Å²) < 4.78 is 13.0. The Morgan fingerprint density at radius 1 is 1.09 bits per heavy atom. The summed E-state index contributed by atoms with van der Waals surface area (Å²) in [4.78, 5) is 24.3. The van der Waals surface area contributed by atoms with Crippen LogP contribution in [0.25, 0.3) is 11.3 Å². The van der Waals surface area contributed by atoms with Crippen molar-refractivity contribution in [3.63, 3.8) is 0 Å². The van der Waals surface area contributed by atoms with E-state index in [4.69, 9.17) is 9.47 Å². The van der Waals surface area contributed by atoms with Crippen molar-refractivity contribution < 1.29 is 24.2 Å². The van der Waals surface area contributed by atoms with Crippen LogP contribution in [0.1, 0.15) is 64.0 Å². The second kappa shape index (κ2) is 11.0. The van der Waals surface area contributed by atoms with Crippen LogP contribution in [-0.2, 0) is 4.79 Å². The maximum absolute atomic E-state index is 13.1. The smallest absolute Gasteiger partial charge is 0.305 e. The molecule has 0 aliphatic rings. The number of benzene rings is 1. The molecule has 0 spiro atoms. The van der Waals surface area contributed by atoms with Gasteiger partial charge in [-0.3, -0.25) is 14.3 Å². The number of carboxylic acid groups (broad SMARTS) is 1. The van der Waals surface area contributed by atoms with Gasteiger partial charge in [0.05, 0.1) is 37.9 Å². The van der Waals surface area contributed by atoms with Crippen molar-refractivity contribution in [1.82, 2.24) is 15.1 Å². The zero-order valence-corrected chi connectivity index (χ0v) is 20.0. The molecule has 1 amide bonds. The number of amides is 1. The molecular weight excluding hydrogens is 410 g/mol. The highest BCUT2D eigenvalue weighted by atomic mass is 16.5. The summed E-state index contributed by atoms with van der Waals surface area (Å²) in [6.45, 7) is 10.2. The number of aliphatic carboxylic acids is 1. The predicted molar refractivity (Wildman–Crippen MR) is 123 cm³/mol. The number of ether oxygens (including phenoxy) is 2. The van der Waals surface area contributed by atoms with Crippen molar-refractivity contribution >= 4 is 11.9 Å². The zero-order valence-electron chi connectivity index (χ0n) is 20.0. The highest BCUT2D eigenvalue weighted by molar-refractivity contribution is 5.94. The van der Waals surface area contributed by atoms with Crippen LogP contribution >= 0.6 is 0 Å². The summed E-state index contributed by atoms with van der Waals surface area (Å²) in [5.74, 6) is 0.363. The van der Waals surface area contributed by atoms with Gasteiger partial charge in [0.15, 0.2) is 5.69 Å². The molecule has 32 heavy (non-hydrogen) atoms. The molecule has 0 aliphatic heterocycles. The van der Waals surface area contributed by atoms with E-state index in [0.717, 1.165) is 0 Å². The lowest BCUT2D eigenvalue weighted by Crippen LogP contribution is -2.37. The molecule has 1 unspecified atom stereocenters. The summed E-state index contributed by atoms with van der Waals surface area (Å²) in [5.41, 5.74) is 1.63. The average Bonchev–Trinajstić information content (AvgIpc) is 3.16. The van der Waals surface area contributed by atoms with Gasteiger partial charge in [0.25, 0.3) is 5.91 Å². The molecule has 0 saturated heterocycles. The number of carboxylic acids is 1. The number of methoxy groups -OCH3 is 2. The first kappa shape index (κ1) is 25.2. The Balaban J connectivity index is 2.54. The molecule has 1 aromatic carbocycles. The first-order chi connectivity index (χ1) is 15.1. The lowest BCUT2D eigenvalue weighted by atomic mass is 10.0. The predicted octanol–water partition coefficient (Wildman–Crippen LogP) is 4.40. The third-order valence-electron chi connectivity index (χ3n) is 5.52. The minimum absolute atomic E-state index is 0.00773. The molecule has 2 N–H and O–H groups in total. The SMILES string of the molecule is COc1cccc(OC)c1-c1cc(C(=O)N[C@H](CC(=O)O)CC(C)C)nn1C(C)C(C)C. The van der Waals surface area contributed by atoms with E-state index in [0.29, 0.717) is 29.2 Å². The Labute approximate surface area is 189 Å². The second-order valence-corrected chi connectivity index (χ2v) is 8.78. The summed E-state index contributed by atoms with van der Waals surface area (Å²) in [6.07, 6.45) is 0.425. The molecule has 0 aliphatic carbocycles. The molecule has 2 rings (SSSR count). The largest absolute Gasteiger partial charge is 0.496 e. The van der Waals surface area contributed by atoms with Crippen LogP contribution in [0, 0.1) is 11.8 Å². The molecule has 8 heteroatoms. The topological polar surface area (TPSA) is 103 Å². The number of aromatic nitrogens is 2. The van der Waals surface area contributed by atoms with Gasteiger partial charge in [0.1, 0.15) is 11.5 Å². The maximum atomic E-state index is 13.1. The Morgan fingerprint density at radius 3 is 2.16 bits per heavy atom. The van der Waals surface area contributed by atoms with E-state index in [-0.39, 0.29) is 30.0 Å². The Morgan fingerprint density at radius 2 is 1.69 bits per heavy atom. The highest BCUT2D eigenvalue weighted by Crippen LogP contribution is 2.40. The molecule has 1 aromatic heterocycles. The van der Waals surface area contributed by atoms with E-state index >= 15 is 0 Å². The van der Waals surface area contributed by atoms with Crippen LogP contribution in [0.2, 0.25) is 0 Å². The standard InChI is InChI=1S/C24H35N3O5/c1-14(2)11-17(12-22(28)29)25-24(30)18-13-19(27(26-18)16(5)15(3)4)23-20(31-6)9-8-10-21(23)32-7/h8-10,13-17H,11-12H2,1-7H3,(H,25,30)(H,28,29)/t16?,17-/m0/s1. The number of carbonyl (C=O) groups is 2. The van der Waals surface area contributed by atoms with Crippen molar-refractivity contribution in [2.24, 2.45) is 11.8 Å². The summed E-state index contributed by atoms with van der Waals surface area (Å²) >= 11 is 0. The van der Waals surface area contributed by atoms with E-state index in [2.05, 4.69) is 24.3 Å². The number of nitrogens with zero attached hydrogens (tertiary/aromatic N) is 2. The molecule has 0 radical (unpaired) electrons. The van der Waals surface area contributed by atoms with Gasteiger partial charge in [0, 0.05) is 6.04 Å². The first-order valence-corrected chi connectivity index (χ1v) is 10.9. The van der Waals surface area contributed by atoms with Crippen molar-refractivity contribution in [2.45, 2.75) is 59.5 Å². The van der Waals surface area contributed by atoms with Crippen molar-refractivity contribution in [3.8, 4) is 22.8 Å². The number of rotatable bonds is 11. The lowest BCUT2D eigenvalue weighted by Gasteiger charge is -2.21. The van der Waals surface area contributed by atoms with Crippen LogP contribution in [0.15, 0.2) is 24.3 Å². The average molecular weight is 446 g/mol. The highest BCUT2D eigenvalue weighted by Gasteiger charge is 2.26. The fourth-order valence-electron chi connectivity index (χ4n) is 3.62. The quantitative estimate of drug-likeness (QED) is 0.531. The minimum Gasteiger partial charge on any atom is -0.496 e. The summed E-state index contributed by atoms with van der Waals surface area (Å²) in [7, 11) is 3.17. The van der Waals surface area contributed by atoms with E-state index in [1.54, 1.807) is 20.3 Å². The van der Waals surface area contributed by atoms with Gasteiger partial charge in [0.2, 0.25) is 0 Å². The van der Waals surface area contributed by atoms with E-state index in [1.165, 1.54) is 0 Å². The van der Waals surface area contributed by atoms with Gasteiger partial charge < -0.3 is 19.9 Å². The van der Waals surface area contributed by atoms with Gasteiger partial charge in [-0.25, -0.2) is 0 Å². The summed E-state index contributed by atoms with van der Waals surface area (Å²) in [6, 6.07) is 6.73. The monoisotopic (exact) mass is 445 g/mol. The van der Waals surface area contributed by atoms with Crippen LogP contribution in [0.4, 0.5) is 0 Å². The molecule has 2 aromatic rings. The first-order valence-electron chi connectivity index (χ1n) is 10.9. The Hall–Kier alpha value is -3.03. The van der Waals surface area contributed by atoms with E-state index in [1.807, 2.05) is 43.7 Å². The molecule has 8 nitrogen and oxygen atoms in total. The van der Waals surface area contributed by atoms with Gasteiger partial charge in [-0.15, -0.1) is 0 Å². The summed E-state index contributed by atoms with van der Waals surface area (Å²) in [5, 5.41) is 16.7. The third kappa shape index (κ3) is 6.02. The zero-order chi connectivity index (χ0) is 24.0. The van der Waals surface area contributed by atoms with E-state index in [9.17, 15) is 14.7 Å². The fraction of sp³-hybridized carbons (Fsp3) is 0.542. The second-order valence-electron chi connectivity index (χ2n) is 8.78. The molecule has 0 fully saturated rings.